The maximum atomic E-state index is 12.3. The highest BCUT2D eigenvalue weighted by molar-refractivity contribution is 7.89. The van der Waals surface area contributed by atoms with E-state index in [9.17, 15) is 22.8 Å². The van der Waals surface area contributed by atoms with E-state index in [0.29, 0.717) is 11.4 Å². The van der Waals surface area contributed by atoms with Crippen LogP contribution in [-0.2, 0) is 24.3 Å². The number of amides is 2. The van der Waals surface area contributed by atoms with Gasteiger partial charge in [-0.3, -0.25) is 9.59 Å². The molecule has 2 aromatic rings. The number of anilines is 2. The first-order valence-corrected chi connectivity index (χ1v) is 10.0. The van der Waals surface area contributed by atoms with Crippen LogP contribution in [0.3, 0.4) is 0 Å². The van der Waals surface area contributed by atoms with Crippen molar-refractivity contribution in [2.24, 2.45) is 0 Å². The highest BCUT2D eigenvalue weighted by atomic mass is 32.2. The van der Waals surface area contributed by atoms with Gasteiger partial charge in [-0.25, -0.2) is 17.9 Å². The number of rotatable bonds is 7. The predicted molar refractivity (Wildman–Crippen MR) is 107 cm³/mol. The van der Waals surface area contributed by atoms with Crippen molar-refractivity contribution in [2.45, 2.75) is 24.8 Å². The third-order valence-corrected chi connectivity index (χ3v) is 5.19. The Kier molecular flexibility index (Phi) is 7.08. The van der Waals surface area contributed by atoms with Crippen molar-refractivity contribution in [1.29, 1.82) is 0 Å². The largest absolute Gasteiger partial charge is 0.449 e. The smallest absolute Gasteiger partial charge is 0.338 e. The maximum Gasteiger partial charge on any atom is 0.338 e. The number of esters is 1. The van der Waals surface area contributed by atoms with Gasteiger partial charge in [0.1, 0.15) is 0 Å². The molecule has 9 nitrogen and oxygen atoms in total. The van der Waals surface area contributed by atoms with E-state index in [1.165, 1.54) is 45.2 Å². The summed E-state index contributed by atoms with van der Waals surface area (Å²) in [4.78, 5) is 35.4. The van der Waals surface area contributed by atoms with Crippen LogP contribution in [0.25, 0.3) is 0 Å². The molecular formula is C19H21N3O6S. The summed E-state index contributed by atoms with van der Waals surface area (Å²) in [5.41, 5.74) is 1.03. The first kappa shape index (κ1) is 22.1. The number of ether oxygens (including phenoxy) is 1. The average Bonchev–Trinajstić information content (AvgIpc) is 2.69. The van der Waals surface area contributed by atoms with E-state index in [-0.39, 0.29) is 16.4 Å². The zero-order valence-corrected chi connectivity index (χ0v) is 16.9. The van der Waals surface area contributed by atoms with Crippen LogP contribution in [0.4, 0.5) is 11.4 Å². The highest BCUT2D eigenvalue weighted by Crippen LogP contribution is 2.15. The molecule has 10 heteroatoms. The van der Waals surface area contributed by atoms with Crippen molar-refractivity contribution in [3.05, 3.63) is 54.1 Å². The molecule has 2 aromatic carbocycles. The number of carbonyl (C=O) groups excluding carboxylic acids is 3. The van der Waals surface area contributed by atoms with E-state index in [4.69, 9.17) is 4.74 Å². The van der Waals surface area contributed by atoms with Crippen LogP contribution in [0.1, 0.15) is 24.2 Å². The summed E-state index contributed by atoms with van der Waals surface area (Å²) in [5.74, 6) is -1.61. The Morgan fingerprint density at radius 1 is 0.966 bits per heavy atom. The van der Waals surface area contributed by atoms with Crippen LogP contribution < -0.4 is 15.4 Å². The molecule has 0 fully saturated rings. The lowest BCUT2D eigenvalue weighted by molar-refractivity contribution is -0.123. The number of nitrogens with one attached hydrogen (secondary N) is 3. The van der Waals surface area contributed by atoms with Gasteiger partial charge in [0.2, 0.25) is 15.9 Å². The normalized spacial score (nSPS) is 12.0. The molecule has 2 rings (SSSR count). The summed E-state index contributed by atoms with van der Waals surface area (Å²) >= 11 is 0. The molecule has 0 unspecified atom stereocenters. The van der Waals surface area contributed by atoms with Gasteiger partial charge in [0.25, 0.3) is 5.91 Å². The molecular weight excluding hydrogens is 398 g/mol. The monoisotopic (exact) mass is 419 g/mol. The van der Waals surface area contributed by atoms with Crippen LogP contribution in [0.2, 0.25) is 0 Å². The maximum absolute atomic E-state index is 12.3. The Bertz CT molecular complexity index is 1020. The summed E-state index contributed by atoms with van der Waals surface area (Å²) in [6.07, 6.45) is -1.12. The van der Waals surface area contributed by atoms with Crippen LogP contribution in [-0.4, -0.2) is 39.4 Å². The Morgan fingerprint density at radius 3 is 2.10 bits per heavy atom. The molecule has 0 aliphatic heterocycles. The average molecular weight is 419 g/mol. The molecule has 0 spiro atoms. The van der Waals surface area contributed by atoms with E-state index in [1.807, 2.05) is 0 Å². The van der Waals surface area contributed by atoms with Crippen molar-refractivity contribution < 1.29 is 27.5 Å². The zero-order chi connectivity index (χ0) is 21.6. The zero-order valence-electron chi connectivity index (χ0n) is 16.1. The predicted octanol–water partition coefficient (Wildman–Crippen LogP) is 1.74. The quantitative estimate of drug-likeness (QED) is 0.586. The highest BCUT2D eigenvalue weighted by Gasteiger charge is 2.21. The van der Waals surface area contributed by atoms with E-state index in [1.54, 1.807) is 24.3 Å². The molecule has 0 saturated carbocycles. The van der Waals surface area contributed by atoms with Gasteiger partial charge in [-0.1, -0.05) is 6.07 Å². The van der Waals surface area contributed by atoms with Crippen LogP contribution >= 0.6 is 0 Å². The van der Waals surface area contributed by atoms with Crippen LogP contribution in [0, 0.1) is 0 Å². The lowest BCUT2D eigenvalue weighted by Gasteiger charge is -2.14. The number of sulfonamides is 1. The molecule has 0 aliphatic carbocycles. The SMILES string of the molecule is CNS(=O)(=O)c1cccc(C(=O)O[C@@H](C)C(=O)Nc2ccc(NC(C)=O)cc2)c1. The third-order valence-electron chi connectivity index (χ3n) is 3.77. The molecule has 0 aliphatic rings. The standard InChI is InChI=1S/C19H21N3O6S/c1-12(18(24)22-16-9-7-15(8-10-16)21-13(2)23)28-19(25)14-5-4-6-17(11-14)29(26,27)20-3/h4-12,20H,1-3H3,(H,21,23)(H,22,24)/t12-/m0/s1. The molecule has 2 amide bonds. The lowest BCUT2D eigenvalue weighted by atomic mass is 10.2. The topological polar surface area (TPSA) is 131 Å². The molecule has 3 N–H and O–H groups in total. The number of carbonyl (C=O) groups is 3. The summed E-state index contributed by atoms with van der Waals surface area (Å²) < 4.78 is 31.0. The fraction of sp³-hybridized carbons (Fsp3) is 0.211. The molecule has 0 aromatic heterocycles. The Morgan fingerprint density at radius 2 is 1.55 bits per heavy atom. The Hall–Kier alpha value is -3.24. The second kappa shape index (κ2) is 9.30. The summed E-state index contributed by atoms with van der Waals surface area (Å²) in [6, 6.07) is 11.7. The van der Waals surface area contributed by atoms with Gasteiger partial charge in [-0.05, 0) is 56.4 Å². The second-order valence-electron chi connectivity index (χ2n) is 6.03. The van der Waals surface area contributed by atoms with Crippen molar-refractivity contribution in [2.75, 3.05) is 17.7 Å². The Labute approximate surface area is 168 Å². The van der Waals surface area contributed by atoms with Gasteiger partial charge in [0, 0.05) is 18.3 Å². The summed E-state index contributed by atoms with van der Waals surface area (Å²) in [5, 5.41) is 5.19. The summed E-state index contributed by atoms with van der Waals surface area (Å²) in [6.45, 7) is 2.78. The minimum Gasteiger partial charge on any atom is -0.449 e. The van der Waals surface area contributed by atoms with Gasteiger partial charge in [-0.2, -0.15) is 0 Å². The van der Waals surface area contributed by atoms with Crippen molar-refractivity contribution in [3.8, 4) is 0 Å². The first-order valence-electron chi connectivity index (χ1n) is 8.55. The molecule has 29 heavy (non-hydrogen) atoms. The van der Waals surface area contributed by atoms with Crippen molar-refractivity contribution in [1.82, 2.24) is 4.72 Å². The van der Waals surface area contributed by atoms with E-state index >= 15 is 0 Å². The minimum atomic E-state index is -3.71. The van der Waals surface area contributed by atoms with Crippen LogP contribution in [0.15, 0.2) is 53.4 Å². The van der Waals surface area contributed by atoms with Crippen LogP contribution in [0.5, 0.6) is 0 Å². The third kappa shape index (κ3) is 6.13. The fourth-order valence-corrected chi connectivity index (χ4v) is 3.05. The van der Waals surface area contributed by atoms with Gasteiger partial charge in [-0.15, -0.1) is 0 Å². The van der Waals surface area contributed by atoms with Gasteiger partial charge >= 0.3 is 5.97 Å². The molecule has 0 radical (unpaired) electrons. The number of hydrogen-bond donors (Lipinski definition) is 3. The Balaban J connectivity index is 2.01. The van der Waals surface area contributed by atoms with Gasteiger partial charge in [0.05, 0.1) is 10.5 Å². The van der Waals surface area contributed by atoms with Gasteiger partial charge < -0.3 is 15.4 Å². The minimum absolute atomic E-state index is 0.000588. The fourth-order valence-electron chi connectivity index (χ4n) is 2.27. The molecule has 1 atom stereocenters. The molecule has 154 valence electrons. The summed E-state index contributed by atoms with van der Waals surface area (Å²) in [7, 11) is -2.45. The van der Waals surface area contributed by atoms with Crippen molar-refractivity contribution in [3.63, 3.8) is 0 Å². The second-order valence-corrected chi connectivity index (χ2v) is 7.92. The molecule has 0 bridgehead atoms. The van der Waals surface area contributed by atoms with E-state index in [0.717, 1.165) is 0 Å². The van der Waals surface area contributed by atoms with Crippen molar-refractivity contribution >= 4 is 39.2 Å². The lowest BCUT2D eigenvalue weighted by Crippen LogP contribution is -2.30. The molecule has 0 saturated heterocycles. The number of benzene rings is 2. The van der Waals surface area contributed by atoms with Gasteiger partial charge in [0.15, 0.2) is 6.10 Å². The first-order chi connectivity index (χ1) is 13.6. The van der Waals surface area contributed by atoms with E-state index < -0.39 is 28.0 Å². The van der Waals surface area contributed by atoms with E-state index in [2.05, 4.69) is 15.4 Å². The molecule has 0 heterocycles. The number of hydrogen-bond acceptors (Lipinski definition) is 6.